The van der Waals surface area contributed by atoms with Crippen LogP contribution in [0, 0.1) is 24.6 Å². The van der Waals surface area contributed by atoms with E-state index in [1.165, 1.54) is 12.1 Å². The van der Waals surface area contributed by atoms with Crippen molar-refractivity contribution in [3.8, 4) is 17.1 Å². The second-order valence-corrected chi connectivity index (χ2v) is 12.0. The number of halogens is 1. The van der Waals surface area contributed by atoms with E-state index >= 15 is 0 Å². The highest BCUT2D eigenvalue weighted by Crippen LogP contribution is 2.48. The fourth-order valence-corrected chi connectivity index (χ4v) is 5.88. The van der Waals surface area contributed by atoms with Gasteiger partial charge < -0.3 is 15.4 Å². The standard InChI is InChI=1S/C31H32FN5O2/c1-17-10-23-11-20(12-27(19-4-5-19)37(23)35-17)30(38)36-15-24-25(16-36)29(24)39-28-14-21(31(2,3)33)13-26(34-28)18-6-8-22(32)9-7-18/h6-14,19,24-25,29H,4-5,15-16,33H2,1-3H3/t24-,25+,29?. The number of ether oxygens (including phenoxy) is 1. The van der Waals surface area contributed by atoms with E-state index in [0.29, 0.717) is 30.6 Å². The molecule has 3 fully saturated rings. The van der Waals surface area contributed by atoms with E-state index < -0.39 is 5.54 Å². The van der Waals surface area contributed by atoms with Gasteiger partial charge in [-0.15, -0.1) is 0 Å². The zero-order valence-electron chi connectivity index (χ0n) is 22.4. The number of pyridine rings is 2. The van der Waals surface area contributed by atoms with Gasteiger partial charge in [0.05, 0.1) is 16.9 Å². The first-order chi connectivity index (χ1) is 18.6. The Morgan fingerprint density at radius 2 is 1.77 bits per heavy atom. The van der Waals surface area contributed by atoms with Gasteiger partial charge in [0.2, 0.25) is 5.88 Å². The molecule has 0 radical (unpaired) electrons. The van der Waals surface area contributed by atoms with Crippen molar-refractivity contribution in [2.75, 3.05) is 13.1 Å². The molecule has 2 aliphatic carbocycles. The molecule has 1 aliphatic heterocycles. The molecule has 8 heteroatoms. The smallest absolute Gasteiger partial charge is 0.254 e. The van der Waals surface area contributed by atoms with Crippen LogP contribution in [0.4, 0.5) is 4.39 Å². The molecule has 4 aromatic rings. The van der Waals surface area contributed by atoms with E-state index in [2.05, 4.69) is 5.10 Å². The molecule has 7 nitrogen and oxygen atoms in total. The van der Waals surface area contributed by atoms with Gasteiger partial charge in [0.15, 0.2) is 0 Å². The van der Waals surface area contributed by atoms with Crippen molar-refractivity contribution in [2.45, 2.75) is 51.2 Å². The van der Waals surface area contributed by atoms with E-state index in [1.807, 2.05) is 60.5 Å². The average Bonchev–Trinajstić information content (AvgIpc) is 3.76. The number of likely N-dealkylation sites (tertiary alicyclic amines) is 1. The average molecular weight is 526 g/mol. The molecule has 3 atom stereocenters. The number of aromatic nitrogens is 3. The minimum Gasteiger partial charge on any atom is -0.474 e. The van der Waals surface area contributed by atoms with Gasteiger partial charge >= 0.3 is 0 Å². The van der Waals surface area contributed by atoms with E-state index in [1.54, 1.807) is 12.1 Å². The minimum atomic E-state index is -0.590. The molecule has 39 heavy (non-hydrogen) atoms. The third-order valence-electron chi connectivity index (χ3n) is 8.30. The van der Waals surface area contributed by atoms with Crippen molar-refractivity contribution >= 4 is 11.4 Å². The Hall–Kier alpha value is -3.78. The number of aryl methyl sites for hydroxylation is 1. The summed E-state index contributed by atoms with van der Waals surface area (Å²) in [7, 11) is 0. The van der Waals surface area contributed by atoms with Gasteiger partial charge in [0.1, 0.15) is 11.9 Å². The molecule has 2 saturated carbocycles. The van der Waals surface area contributed by atoms with Gasteiger partial charge in [-0.2, -0.15) is 5.10 Å². The van der Waals surface area contributed by atoms with Crippen LogP contribution in [0.5, 0.6) is 5.88 Å². The monoisotopic (exact) mass is 525 g/mol. The number of benzene rings is 1. The van der Waals surface area contributed by atoms with Crippen molar-refractivity contribution < 1.29 is 13.9 Å². The lowest BCUT2D eigenvalue weighted by Gasteiger charge is -2.23. The van der Waals surface area contributed by atoms with Crippen LogP contribution in [0.2, 0.25) is 0 Å². The maximum atomic E-state index is 13.5. The van der Waals surface area contributed by atoms with Crippen LogP contribution < -0.4 is 10.5 Å². The molecule has 3 aromatic heterocycles. The van der Waals surface area contributed by atoms with Crippen LogP contribution >= 0.6 is 0 Å². The third kappa shape index (κ3) is 4.46. The van der Waals surface area contributed by atoms with Crippen LogP contribution in [0.1, 0.15) is 59.9 Å². The summed E-state index contributed by atoms with van der Waals surface area (Å²) in [6, 6.07) is 16.1. The van der Waals surface area contributed by atoms with Gasteiger partial charge in [-0.3, -0.25) is 4.79 Å². The Kier molecular flexibility index (Phi) is 5.36. The first kappa shape index (κ1) is 24.3. The Labute approximate surface area is 226 Å². The van der Waals surface area contributed by atoms with Crippen LogP contribution in [0.3, 0.4) is 0 Å². The van der Waals surface area contributed by atoms with Crippen molar-refractivity contribution in [1.29, 1.82) is 0 Å². The van der Waals surface area contributed by atoms with Gasteiger partial charge in [-0.25, -0.2) is 13.9 Å². The van der Waals surface area contributed by atoms with Crippen LogP contribution in [-0.4, -0.2) is 44.6 Å². The topological polar surface area (TPSA) is 85.8 Å². The Morgan fingerprint density at radius 1 is 1.05 bits per heavy atom. The summed E-state index contributed by atoms with van der Waals surface area (Å²) in [5.74, 6) is 1.35. The number of nitrogens with two attached hydrogens (primary N) is 1. The van der Waals surface area contributed by atoms with Crippen LogP contribution in [-0.2, 0) is 5.54 Å². The van der Waals surface area contributed by atoms with E-state index in [9.17, 15) is 9.18 Å². The SMILES string of the molecule is Cc1cc2cc(C(=O)N3C[C@@H]4C(Oc5cc(C(C)(C)N)cc(-c6ccc(F)cc6)n5)[C@@H]4C3)cc(C3CC3)n2n1. The first-order valence-corrected chi connectivity index (χ1v) is 13.7. The Morgan fingerprint density at radius 3 is 2.44 bits per heavy atom. The molecule has 1 saturated heterocycles. The molecule has 1 unspecified atom stereocenters. The molecule has 1 aromatic carbocycles. The van der Waals surface area contributed by atoms with Gasteiger partial charge in [-0.05, 0) is 87.7 Å². The van der Waals surface area contributed by atoms with Gasteiger partial charge in [-0.1, -0.05) is 0 Å². The molecule has 0 spiro atoms. The molecule has 3 aliphatic rings. The lowest BCUT2D eigenvalue weighted by Crippen LogP contribution is -2.33. The number of rotatable bonds is 6. The van der Waals surface area contributed by atoms with Gasteiger partial charge in [0.25, 0.3) is 5.91 Å². The van der Waals surface area contributed by atoms with Crippen molar-refractivity contribution in [3.05, 3.63) is 82.9 Å². The highest BCUT2D eigenvalue weighted by atomic mass is 19.1. The number of hydrogen-bond acceptors (Lipinski definition) is 5. The predicted octanol–water partition coefficient (Wildman–Crippen LogP) is 5.06. The van der Waals surface area contributed by atoms with Crippen LogP contribution in [0.25, 0.3) is 16.8 Å². The lowest BCUT2D eigenvalue weighted by molar-refractivity contribution is 0.0751. The summed E-state index contributed by atoms with van der Waals surface area (Å²) in [5, 5.41) is 4.64. The molecule has 1 amide bonds. The summed E-state index contributed by atoms with van der Waals surface area (Å²) in [4.78, 5) is 20.2. The molecule has 7 rings (SSSR count). The van der Waals surface area contributed by atoms with Crippen molar-refractivity contribution in [2.24, 2.45) is 17.6 Å². The van der Waals surface area contributed by atoms with E-state index in [4.69, 9.17) is 15.5 Å². The number of nitrogens with zero attached hydrogens (tertiary/aromatic N) is 4. The molecule has 4 heterocycles. The first-order valence-electron chi connectivity index (χ1n) is 13.7. The minimum absolute atomic E-state index is 0.0146. The van der Waals surface area contributed by atoms with Gasteiger partial charge in [0, 0.05) is 59.3 Å². The normalized spacial score (nSPS) is 22.3. The highest BCUT2D eigenvalue weighted by Gasteiger charge is 2.59. The quantitative estimate of drug-likeness (QED) is 0.380. The van der Waals surface area contributed by atoms with E-state index in [0.717, 1.165) is 46.4 Å². The lowest BCUT2D eigenvalue weighted by atomic mass is 9.95. The zero-order valence-corrected chi connectivity index (χ0v) is 22.4. The predicted molar refractivity (Wildman–Crippen MR) is 146 cm³/mol. The number of hydrogen-bond donors (Lipinski definition) is 1. The Balaban J connectivity index is 1.08. The summed E-state index contributed by atoms with van der Waals surface area (Å²) in [6.07, 6.45) is 2.32. The number of amides is 1. The zero-order chi connectivity index (χ0) is 27.1. The number of carbonyl (C=O) groups excluding carboxylic acids is 1. The summed E-state index contributed by atoms with van der Waals surface area (Å²) in [5.41, 5.74) is 12.0. The largest absolute Gasteiger partial charge is 0.474 e. The van der Waals surface area contributed by atoms with E-state index in [-0.39, 0.29) is 29.7 Å². The summed E-state index contributed by atoms with van der Waals surface area (Å²) >= 11 is 0. The van der Waals surface area contributed by atoms with Crippen molar-refractivity contribution in [1.82, 2.24) is 19.5 Å². The highest BCUT2D eigenvalue weighted by molar-refractivity contribution is 5.96. The van der Waals surface area contributed by atoms with Crippen LogP contribution in [0.15, 0.2) is 54.6 Å². The second kappa shape index (κ2) is 8.61. The maximum absolute atomic E-state index is 13.5. The molecule has 200 valence electrons. The fourth-order valence-electron chi connectivity index (χ4n) is 5.88. The second-order valence-electron chi connectivity index (χ2n) is 12.0. The maximum Gasteiger partial charge on any atom is 0.254 e. The molecule has 0 bridgehead atoms. The van der Waals surface area contributed by atoms with Crippen molar-refractivity contribution in [3.63, 3.8) is 0 Å². The Bertz CT molecular complexity index is 1590. The molecular formula is C31H32FN5O2. The summed E-state index contributed by atoms with van der Waals surface area (Å²) in [6.45, 7) is 7.20. The number of carbonyl (C=O) groups is 1. The summed E-state index contributed by atoms with van der Waals surface area (Å²) < 4.78 is 21.9. The number of piperidine rings is 1. The molecular weight excluding hydrogens is 493 g/mol. The fraction of sp³-hybridized carbons (Fsp3) is 0.387. The molecule has 2 N–H and O–H groups in total. The number of fused-ring (bicyclic) bond motifs is 2. The third-order valence-corrected chi connectivity index (χ3v) is 8.30.